The van der Waals surface area contributed by atoms with Crippen LogP contribution in [-0.2, 0) is 4.79 Å². The maximum absolute atomic E-state index is 10.4. The van der Waals surface area contributed by atoms with E-state index in [1.807, 2.05) is 0 Å². The molecule has 0 aromatic carbocycles. The summed E-state index contributed by atoms with van der Waals surface area (Å²) in [5.74, 6) is 0.483. The molecule has 0 saturated carbocycles. The van der Waals surface area contributed by atoms with Crippen LogP contribution in [0.2, 0.25) is 0 Å². The highest BCUT2D eigenvalue weighted by molar-refractivity contribution is 5.85. The van der Waals surface area contributed by atoms with Crippen LogP contribution in [0.5, 0.6) is 0 Å². The van der Waals surface area contributed by atoms with Crippen LogP contribution in [-0.4, -0.2) is 11.1 Å². The molecule has 1 N–H and O–H groups in total. The Morgan fingerprint density at radius 1 is 1.38 bits per heavy atom. The van der Waals surface area contributed by atoms with E-state index in [0.717, 1.165) is 12.8 Å². The lowest BCUT2D eigenvalue weighted by Gasteiger charge is -2.14. The summed E-state index contributed by atoms with van der Waals surface area (Å²) in [5.41, 5.74) is 0.330. The van der Waals surface area contributed by atoms with Gasteiger partial charge in [-0.25, -0.2) is 4.79 Å². The van der Waals surface area contributed by atoms with Gasteiger partial charge in [0.2, 0.25) is 0 Å². The third kappa shape index (κ3) is 5.45. The highest BCUT2D eigenvalue weighted by Crippen LogP contribution is 2.18. The first-order valence-corrected chi connectivity index (χ1v) is 4.86. The lowest BCUT2D eigenvalue weighted by atomic mass is 9.92. The number of rotatable bonds is 6. The molecule has 2 nitrogen and oxygen atoms in total. The minimum absolute atomic E-state index is 0.330. The SMILES string of the molecule is C=C(CCCC(C)C(C)C)C(=O)O. The molecule has 0 rings (SSSR count). The molecule has 0 aliphatic heterocycles. The fourth-order valence-corrected chi connectivity index (χ4v) is 1.08. The van der Waals surface area contributed by atoms with Gasteiger partial charge < -0.3 is 5.11 Å². The summed E-state index contributed by atoms with van der Waals surface area (Å²) in [5, 5.41) is 8.56. The van der Waals surface area contributed by atoms with Crippen LogP contribution in [0.1, 0.15) is 40.0 Å². The van der Waals surface area contributed by atoms with Crippen molar-refractivity contribution < 1.29 is 9.90 Å². The van der Waals surface area contributed by atoms with Crippen LogP contribution in [0.4, 0.5) is 0 Å². The van der Waals surface area contributed by atoms with Crippen LogP contribution in [0.3, 0.4) is 0 Å². The Balaban J connectivity index is 3.56. The molecule has 0 bridgehead atoms. The van der Waals surface area contributed by atoms with E-state index in [9.17, 15) is 4.79 Å². The Kier molecular flexibility index (Phi) is 5.44. The molecule has 2 heteroatoms. The number of carboxylic acid groups (broad SMARTS) is 1. The fourth-order valence-electron chi connectivity index (χ4n) is 1.08. The Morgan fingerprint density at radius 3 is 2.31 bits per heavy atom. The minimum atomic E-state index is -0.864. The van der Waals surface area contributed by atoms with Gasteiger partial charge in [-0.15, -0.1) is 0 Å². The Morgan fingerprint density at radius 2 is 1.92 bits per heavy atom. The third-order valence-electron chi connectivity index (χ3n) is 2.58. The average molecular weight is 184 g/mol. The zero-order valence-electron chi connectivity index (χ0n) is 8.84. The summed E-state index contributed by atoms with van der Waals surface area (Å²) in [6, 6.07) is 0. The van der Waals surface area contributed by atoms with E-state index in [4.69, 9.17) is 5.11 Å². The van der Waals surface area contributed by atoms with Crippen LogP contribution < -0.4 is 0 Å². The van der Waals surface area contributed by atoms with E-state index in [1.54, 1.807) is 0 Å². The van der Waals surface area contributed by atoms with Crippen LogP contribution in [0.15, 0.2) is 12.2 Å². The molecule has 0 amide bonds. The Labute approximate surface area is 80.7 Å². The van der Waals surface area contributed by atoms with Crippen molar-refractivity contribution in [2.45, 2.75) is 40.0 Å². The molecule has 76 valence electrons. The van der Waals surface area contributed by atoms with Gasteiger partial charge in [-0.3, -0.25) is 0 Å². The van der Waals surface area contributed by atoms with E-state index in [1.165, 1.54) is 0 Å². The van der Waals surface area contributed by atoms with Crippen molar-refractivity contribution >= 4 is 5.97 Å². The van der Waals surface area contributed by atoms with Gasteiger partial charge in [-0.2, -0.15) is 0 Å². The van der Waals surface area contributed by atoms with E-state index in [0.29, 0.717) is 23.8 Å². The van der Waals surface area contributed by atoms with Crippen LogP contribution in [0, 0.1) is 11.8 Å². The molecule has 1 unspecified atom stereocenters. The second kappa shape index (κ2) is 5.79. The first kappa shape index (κ1) is 12.2. The third-order valence-corrected chi connectivity index (χ3v) is 2.58. The van der Waals surface area contributed by atoms with Crippen LogP contribution in [0.25, 0.3) is 0 Å². The van der Waals surface area contributed by atoms with Gasteiger partial charge in [-0.05, 0) is 24.7 Å². The van der Waals surface area contributed by atoms with Gasteiger partial charge in [0.1, 0.15) is 0 Å². The van der Waals surface area contributed by atoms with Gasteiger partial charge in [-0.1, -0.05) is 33.8 Å². The summed E-state index contributed by atoms with van der Waals surface area (Å²) < 4.78 is 0. The van der Waals surface area contributed by atoms with Crippen molar-refractivity contribution in [2.75, 3.05) is 0 Å². The van der Waals surface area contributed by atoms with Crippen LogP contribution >= 0.6 is 0 Å². The van der Waals surface area contributed by atoms with E-state index in [-0.39, 0.29) is 0 Å². The molecule has 0 spiro atoms. The monoisotopic (exact) mass is 184 g/mol. The molecule has 1 atom stereocenters. The zero-order valence-corrected chi connectivity index (χ0v) is 8.84. The molecule has 13 heavy (non-hydrogen) atoms. The van der Waals surface area contributed by atoms with E-state index >= 15 is 0 Å². The lowest BCUT2D eigenvalue weighted by Crippen LogP contribution is -2.05. The molecular weight excluding hydrogens is 164 g/mol. The summed E-state index contributed by atoms with van der Waals surface area (Å²) in [7, 11) is 0. The van der Waals surface area contributed by atoms with Gasteiger partial charge >= 0.3 is 5.97 Å². The van der Waals surface area contributed by atoms with Crippen molar-refractivity contribution in [3.63, 3.8) is 0 Å². The average Bonchev–Trinajstić information content (AvgIpc) is 2.03. The van der Waals surface area contributed by atoms with Gasteiger partial charge in [0.25, 0.3) is 0 Å². The molecule has 0 aliphatic rings. The molecule has 0 aromatic heterocycles. The second-order valence-electron chi connectivity index (χ2n) is 4.02. The summed E-state index contributed by atoms with van der Waals surface area (Å²) in [4.78, 5) is 10.4. The minimum Gasteiger partial charge on any atom is -0.478 e. The first-order chi connectivity index (χ1) is 5.95. The summed E-state index contributed by atoms with van der Waals surface area (Å²) >= 11 is 0. The highest BCUT2D eigenvalue weighted by atomic mass is 16.4. The number of carboxylic acids is 1. The molecule has 0 fully saturated rings. The van der Waals surface area contributed by atoms with Gasteiger partial charge in [0.05, 0.1) is 0 Å². The normalized spacial score (nSPS) is 12.9. The molecule has 0 aliphatic carbocycles. The number of carbonyl (C=O) groups is 1. The van der Waals surface area contributed by atoms with Gasteiger partial charge in [0, 0.05) is 5.57 Å². The summed E-state index contributed by atoms with van der Waals surface area (Å²) in [6.45, 7) is 10.1. The maximum atomic E-state index is 10.4. The quantitative estimate of drug-likeness (QED) is 0.644. The predicted molar refractivity (Wildman–Crippen MR) is 54.6 cm³/mol. The van der Waals surface area contributed by atoms with Crippen molar-refractivity contribution in [3.8, 4) is 0 Å². The molecule has 0 heterocycles. The summed E-state index contributed by atoms with van der Waals surface area (Å²) in [6.07, 6.45) is 2.64. The number of aliphatic carboxylic acids is 1. The molecule has 0 aromatic rings. The standard InChI is InChI=1S/C11H20O2/c1-8(2)9(3)6-5-7-10(4)11(12)13/h8-9H,4-7H2,1-3H3,(H,12,13). The van der Waals surface area contributed by atoms with Crippen molar-refractivity contribution in [1.29, 1.82) is 0 Å². The zero-order chi connectivity index (χ0) is 10.4. The van der Waals surface area contributed by atoms with Crippen molar-refractivity contribution in [1.82, 2.24) is 0 Å². The second-order valence-corrected chi connectivity index (χ2v) is 4.02. The molecule has 0 saturated heterocycles. The predicted octanol–water partition coefficient (Wildman–Crippen LogP) is 3.09. The fraction of sp³-hybridized carbons (Fsp3) is 0.727. The smallest absolute Gasteiger partial charge is 0.330 e. The Hall–Kier alpha value is -0.790. The number of hydrogen-bond acceptors (Lipinski definition) is 1. The van der Waals surface area contributed by atoms with E-state index in [2.05, 4.69) is 27.4 Å². The van der Waals surface area contributed by atoms with E-state index < -0.39 is 5.97 Å². The van der Waals surface area contributed by atoms with Crippen molar-refractivity contribution in [2.24, 2.45) is 11.8 Å². The van der Waals surface area contributed by atoms with Gasteiger partial charge in [0.15, 0.2) is 0 Å². The number of hydrogen-bond donors (Lipinski definition) is 1. The largest absolute Gasteiger partial charge is 0.478 e. The first-order valence-electron chi connectivity index (χ1n) is 4.86. The maximum Gasteiger partial charge on any atom is 0.330 e. The molecular formula is C11H20O2. The Bertz CT molecular complexity index is 183. The highest BCUT2D eigenvalue weighted by Gasteiger charge is 2.08. The van der Waals surface area contributed by atoms with Crippen molar-refractivity contribution in [3.05, 3.63) is 12.2 Å². The lowest BCUT2D eigenvalue weighted by molar-refractivity contribution is -0.132. The topological polar surface area (TPSA) is 37.3 Å². The molecule has 0 radical (unpaired) electrons.